The third-order valence-corrected chi connectivity index (χ3v) is 2.69. The Morgan fingerprint density at radius 1 is 1.19 bits per heavy atom. The van der Waals surface area contributed by atoms with Gasteiger partial charge in [-0.15, -0.1) is 0 Å². The van der Waals surface area contributed by atoms with E-state index in [0.717, 1.165) is 6.42 Å². The number of hydrogen-bond donors (Lipinski definition) is 0. The number of allylic oxidation sites excluding steroid dienone is 2. The van der Waals surface area contributed by atoms with E-state index in [4.69, 9.17) is 9.47 Å². The second-order valence-corrected chi connectivity index (χ2v) is 3.85. The van der Waals surface area contributed by atoms with Gasteiger partial charge in [0.1, 0.15) is 0 Å². The standard InChI is InChI=1S/C12H18O4/c1-3-8-16-12(14)10-7-5-4-6-9(10)11(13)15-2/h4-5,9-10H,3,6-8H2,1-2H3. The molecule has 0 heterocycles. The molecule has 0 radical (unpaired) electrons. The van der Waals surface area contributed by atoms with E-state index in [1.165, 1.54) is 7.11 Å². The second kappa shape index (κ2) is 6.30. The van der Waals surface area contributed by atoms with Crippen LogP contribution in [0.25, 0.3) is 0 Å². The number of hydrogen-bond acceptors (Lipinski definition) is 4. The van der Waals surface area contributed by atoms with Gasteiger partial charge in [0.25, 0.3) is 0 Å². The summed E-state index contributed by atoms with van der Waals surface area (Å²) in [6.45, 7) is 2.35. The van der Waals surface area contributed by atoms with Gasteiger partial charge in [0.2, 0.25) is 0 Å². The second-order valence-electron chi connectivity index (χ2n) is 3.85. The molecular weight excluding hydrogens is 208 g/mol. The van der Waals surface area contributed by atoms with Crippen LogP contribution in [-0.2, 0) is 19.1 Å². The van der Waals surface area contributed by atoms with E-state index in [1.807, 2.05) is 19.1 Å². The zero-order chi connectivity index (χ0) is 12.0. The van der Waals surface area contributed by atoms with Crippen molar-refractivity contribution in [2.75, 3.05) is 13.7 Å². The Morgan fingerprint density at radius 3 is 2.25 bits per heavy atom. The number of methoxy groups -OCH3 is 1. The monoisotopic (exact) mass is 226 g/mol. The van der Waals surface area contributed by atoms with Crippen molar-refractivity contribution in [3.05, 3.63) is 12.2 Å². The molecule has 90 valence electrons. The Hall–Kier alpha value is -1.32. The quantitative estimate of drug-likeness (QED) is 0.540. The van der Waals surface area contributed by atoms with Gasteiger partial charge in [-0.05, 0) is 19.3 Å². The Balaban J connectivity index is 2.64. The third kappa shape index (κ3) is 3.08. The Morgan fingerprint density at radius 2 is 1.75 bits per heavy atom. The summed E-state index contributed by atoms with van der Waals surface area (Å²) < 4.78 is 9.77. The van der Waals surface area contributed by atoms with E-state index < -0.39 is 0 Å². The van der Waals surface area contributed by atoms with Gasteiger partial charge in [0.15, 0.2) is 0 Å². The van der Waals surface area contributed by atoms with E-state index >= 15 is 0 Å². The first kappa shape index (κ1) is 12.7. The lowest BCUT2D eigenvalue weighted by atomic mass is 9.83. The first-order chi connectivity index (χ1) is 7.70. The SMILES string of the molecule is CCCOC(=O)C1CC=CCC1C(=O)OC. The van der Waals surface area contributed by atoms with E-state index in [0.29, 0.717) is 19.4 Å². The van der Waals surface area contributed by atoms with Crippen molar-refractivity contribution in [2.45, 2.75) is 26.2 Å². The summed E-state index contributed by atoms with van der Waals surface area (Å²) in [6, 6.07) is 0. The van der Waals surface area contributed by atoms with Crippen LogP contribution in [0.4, 0.5) is 0 Å². The molecule has 0 saturated heterocycles. The predicted octanol–water partition coefficient (Wildman–Crippen LogP) is 1.70. The molecule has 0 amide bonds. The van der Waals surface area contributed by atoms with Crippen LogP contribution in [0.1, 0.15) is 26.2 Å². The normalized spacial score (nSPS) is 23.9. The van der Waals surface area contributed by atoms with Gasteiger partial charge in [0, 0.05) is 0 Å². The molecule has 2 unspecified atom stereocenters. The third-order valence-electron chi connectivity index (χ3n) is 2.69. The van der Waals surface area contributed by atoms with Gasteiger partial charge >= 0.3 is 11.9 Å². The molecule has 0 aromatic carbocycles. The molecule has 0 spiro atoms. The van der Waals surface area contributed by atoms with E-state index in [1.54, 1.807) is 0 Å². The molecule has 0 aromatic heterocycles. The van der Waals surface area contributed by atoms with Gasteiger partial charge in [-0.1, -0.05) is 19.1 Å². The van der Waals surface area contributed by atoms with Gasteiger partial charge in [-0.25, -0.2) is 0 Å². The van der Waals surface area contributed by atoms with Crippen LogP contribution >= 0.6 is 0 Å². The maximum Gasteiger partial charge on any atom is 0.310 e. The Kier molecular flexibility index (Phi) is 5.02. The largest absolute Gasteiger partial charge is 0.469 e. The minimum Gasteiger partial charge on any atom is -0.469 e. The van der Waals surface area contributed by atoms with Crippen molar-refractivity contribution >= 4 is 11.9 Å². The fraction of sp³-hybridized carbons (Fsp3) is 0.667. The summed E-state index contributed by atoms with van der Waals surface area (Å²) in [5.74, 6) is -1.40. The molecule has 0 aromatic rings. The van der Waals surface area contributed by atoms with Crippen molar-refractivity contribution in [2.24, 2.45) is 11.8 Å². The predicted molar refractivity (Wildman–Crippen MR) is 58.6 cm³/mol. The molecular formula is C12H18O4. The highest BCUT2D eigenvalue weighted by molar-refractivity contribution is 5.82. The van der Waals surface area contributed by atoms with Crippen LogP contribution in [0.2, 0.25) is 0 Å². The Labute approximate surface area is 95.6 Å². The maximum absolute atomic E-state index is 11.7. The fourth-order valence-electron chi connectivity index (χ4n) is 1.80. The lowest BCUT2D eigenvalue weighted by Gasteiger charge is -2.24. The molecule has 4 heteroatoms. The minimum atomic E-state index is -0.389. The average Bonchev–Trinajstić information content (AvgIpc) is 2.35. The summed E-state index contributed by atoms with van der Waals surface area (Å²) >= 11 is 0. The van der Waals surface area contributed by atoms with Gasteiger partial charge in [-0.2, -0.15) is 0 Å². The van der Waals surface area contributed by atoms with Crippen LogP contribution in [0.5, 0.6) is 0 Å². The molecule has 16 heavy (non-hydrogen) atoms. The highest BCUT2D eigenvalue weighted by Crippen LogP contribution is 2.27. The molecule has 0 aliphatic heterocycles. The van der Waals surface area contributed by atoms with Gasteiger partial charge < -0.3 is 9.47 Å². The molecule has 0 fully saturated rings. The molecule has 1 rings (SSSR count). The van der Waals surface area contributed by atoms with Crippen LogP contribution in [0.15, 0.2) is 12.2 Å². The molecule has 0 saturated carbocycles. The van der Waals surface area contributed by atoms with Crippen molar-refractivity contribution in [1.82, 2.24) is 0 Å². The molecule has 0 bridgehead atoms. The highest BCUT2D eigenvalue weighted by Gasteiger charge is 2.35. The molecule has 1 aliphatic rings. The summed E-state index contributed by atoms with van der Waals surface area (Å²) in [5.41, 5.74) is 0. The van der Waals surface area contributed by atoms with Gasteiger partial charge in [-0.3, -0.25) is 9.59 Å². The van der Waals surface area contributed by atoms with Crippen molar-refractivity contribution < 1.29 is 19.1 Å². The lowest BCUT2D eigenvalue weighted by molar-refractivity contribution is -0.159. The smallest absolute Gasteiger partial charge is 0.310 e. The van der Waals surface area contributed by atoms with Crippen LogP contribution in [0, 0.1) is 11.8 Å². The Bertz CT molecular complexity index is 283. The summed E-state index contributed by atoms with van der Waals surface area (Å²) in [6.07, 6.45) is 5.72. The summed E-state index contributed by atoms with van der Waals surface area (Å²) in [4.78, 5) is 23.2. The first-order valence-corrected chi connectivity index (χ1v) is 5.60. The topological polar surface area (TPSA) is 52.6 Å². The van der Waals surface area contributed by atoms with Crippen LogP contribution in [0.3, 0.4) is 0 Å². The molecule has 2 atom stereocenters. The van der Waals surface area contributed by atoms with Crippen molar-refractivity contribution in [1.29, 1.82) is 0 Å². The van der Waals surface area contributed by atoms with E-state index in [9.17, 15) is 9.59 Å². The average molecular weight is 226 g/mol. The number of esters is 2. The molecule has 1 aliphatic carbocycles. The summed E-state index contributed by atoms with van der Waals surface area (Å²) in [7, 11) is 1.34. The van der Waals surface area contributed by atoms with Crippen LogP contribution < -0.4 is 0 Å². The zero-order valence-corrected chi connectivity index (χ0v) is 9.77. The van der Waals surface area contributed by atoms with Gasteiger partial charge in [0.05, 0.1) is 25.6 Å². The first-order valence-electron chi connectivity index (χ1n) is 5.60. The van der Waals surface area contributed by atoms with Crippen molar-refractivity contribution in [3.8, 4) is 0 Å². The van der Waals surface area contributed by atoms with E-state index in [-0.39, 0.29) is 23.8 Å². The number of ether oxygens (including phenoxy) is 2. The summed E-state index contributed by atoms with van der Waals surface area (Å²) in [5, 5.41) is 0. The molecule has 0 N–H and O–H groups in total. The number of carbonyl (C=O) groups excluding carboxylic acids is 2. The van der Waals surface area contributed by atoms with Crippen molar-refractivity contribution in [3.63, 3.8) is 0 Å². The van der Waals surface area contributed by atoms with E-state index in [2.05, 4.69) is 0 Å². The lowest BCUT2D eigenvalue weighted by Crippen LogP contribution is -2.33. The maximum atomic E-state index is 11.7. The van der Waals surface area contributed by atoms with Crippen LogP contribution in [-0.4, -0.2) is 25.7 Å². The fourth-order valence-corrected chi connectivity index (χ4v) is 1.80. The highest BCUT2D eigenvalue weighted by atomic mass is 16.5. The zero-order valence-electron chi connectivity index (χ0n) is 9.77. The minimum absolute atomic E-state index is 0.290. The molecule has 4 nitrogen and oxygen atoms in total. The number of rotatable bonds is 4. The number of carbonyl (C=O) groups is 2.